The van der Waals surface area contributed by atoms with Crippen molar-refractivity contribution in [1.82, 2.24) is 4.57 Å². The number of esters is 1. The molecular formula is C25H21FN2O4. The molecular weight excluding hydrogens is 411 g/mol. The highest BCUT2D eigenvalue weighted by Gasteiger charge is 2.22. The van der Waals surface area contributed by atoms with Gasteiger partial charge in [0.2, 0.25) is 0 Å². The number of aromatic nitrogens is 1. The number of para-hydroxylation sites is 1. The molecule has 7 heteroatoms. The van der Waals surface area contributed by atoms with E-state index in [4.69, 9.17) is 9.47 Å². The molecule has 1 heterocycles. The van der Waals surface area contributed by atoms with Crippen molar-refractivity contribution in [2.45, 2.75) is 6.92 Å². The van der Waals surface area contributed by atoms with Gasteiger partial charge in [0.25, 0.3) is 5.91 Å². The first-order chi connectivity index (χ1) is 15.5. The molecule has 0 atom stereocenters. The summed E-state index contributed by atoms with van der Waals surface area (Å²) < 4.78 is 25.6. The molecule has 0 aliphatic heterocycles. The summed E-state index contributed by atoms with van der Waals surface area (Å²) in [6.45, 7) is 1.62. The predicted octanol–water partition coefficient (Wildman–Crippen LogP) is 4.88. The van der Waals surface area contributed by atoms with Gasteiger partial charge < -0.3 is 19.4 Å². The summed E-state index contributed by atoms with van der Waals surface area (Å²) in [7, 11) is 1.34. The maximum Gasteiger partial charge on any atom is 0.340 e. The van der Waals surface area contributed by atoms with Crippen molar-refractivity contribution in [1.29, 1.82) is 0 Å². The molecule has 4 rings (SSSR count). The summed E-state index contributed by atoms with van der Waals surface area (Å²) >= 11 is 0. The van der Waals surface area contributed by atoms with Crippen LogP contribution in [0.5, 0.6) is 5.75 Å². The third kappa shape index (κ3) is 4.18. The number of rotatable bonds is 6. The highest BCUT2D eigenvalue weighted by molar-refractivity contribution is 6.07. The third-order valence-electron chi connectivity index (χ3n) is 5.08. The highest BCUT2D eigenvalue weighted by atomic mass is 19.1. The zero-order chi connectivity index (χ0) is 22.7. The van der Waals surface area contributed by atoms with Crippen molar-refractivity contribution >= 4 is 28.5 Å². The molecule has 3 aromatic carbocycles. The maximum atomic E-state index is 13.0. The lowest BCUT2D eigenvalue weighted by Crippen LogP contribution is -2.20. The van der Waals surface area contributed by atoms with Crippen LogP contribution in [0, 0.1) is 12.7 Å². The Morgan fingerprint density at radius 2 is 1.72 bits per heavy atom. The van der Waals surface area contributed by atoms with Crippen molar-refractivity contribution in [3.05, 3.63) is 89.9 Å². The molecule has 0 saturated heterocycles. The molecule has 0 aliphatic carbocycles. The zero-order valence-corrected chi connectivity index (χ0v) is 17.6. The van der Waals surface area contributed by atoms with Crippen molar-refractivity contribution in [2.75, 3.05) is 19.0 Å². The molecule has 0 bridgehead atoms. The number of hydrogen-bond acceptors (Lipinski definition) is 4. The van der Waals surface area contributed by atoms with Crippen LogP contribution in [0.1, 0.15) is 16.1 Å². The van der Waals surface area contributed by atoms with Crippen molar-refractivity contribution in [2.24, 2.45) is 0 Å². The minimum absolute atomic E-state index is 0.241. The van der Waals surface area contributed by atoms with Crippen molar-refractivity contribution in [3.8, 4) is 11.4 Å². The second kappa shape index (κ2) is 8.93. The van der Waals surface area contributed by atoms with Crippen LogP contribution in [0.4, 0.5) is 10.1 Å². The van der Waals surface area contributed by atoms with Gasteiger partial charge in [-0.2, -0.15) is 0 Å². The summed E-state index contributed by atoms with van der Waals surface area (Å²) in [5.41, 5.74) is 3.38. The number of amides is 1. The number of benzene rings is 3. The molecule has 0 fully saturated rings. The molecule has 0 spiro atoms. The van der Waals surface area contributed by atoms with Crippen LogP contribution in [0.3, 0.4) is 0 Å². The van der Waals surface area contributed by atoms with Crippen LogP contribution in [0.2, 0.25) is 0 Å². The quantitative estimate of drug-likeness (QED) is 0.441. The molecule has 162 valence electrons. The van der Waals surface area contributed by atoms with E-state index in [0.717, 1.165) is 16.9 Å². The average molecular weight is 432 g/mol. The maximum absolute atomic E-state index is 13.0. The summed E-state index contributed by atoms with van der Waals surface area (Å²) in [5, 5.41) is 3.30. The van der Waals surface area contributed by atoms with Crippen molar-refractivity contribution < 1.29 is 23.5 Å². The van der Waals surface area contributed by atoms with Gasteiger partial charge in [0.05, 0.1) is 18.2 Å². The first kappa shape index (κ1) is 21.1. The Labute approximate surface area is 184 Å². The summed E-state index contributed by atoms with van der Waals surface area (Å²) in [6.07, 6.45) is 0. The number of halogens is 1. The number of carbonyl (C=O) groups is 2. The molecule has 0 saturated carbocycles. The molecule has 6 nitrogen and oxygen atoms in total. The Hall–Kier alpha value is -4.13. The highest BCUT2D eigenvalue weighted by Crippen LogP contribution is 2.32. The summed E-state index contributed by atoms with van der Waals surface area (Å²) in [4.78, 5) is 24.7. The van der Waals surface area contributed by atoms with Crippen molar-refractivity contribution in [3.63, 3.8) is 0 Å². The number of carbonyl (C=O) groups excluding carboxylic acids is 2. The van der Waals surface area contributed by atoms with E-state index in [1.54, 1.807) is 12.1 Å². The lowest BCUT2D eigenvalue weighted by molar-refractivity contribution is -0.118. The minimum atomic E-state index is -0.451. The zero-order valence-electron chi connectivity index (χ0n) is 17.6. The van der Waals surface area contributed by atoms with E-state index in [9.17, 15) is 14.0 Å². The number of anilines is 1. The van der Waals surface area contributed by atoms with Gasteiger partial charge in [-0.25, -0.2) is 9.18 Å². The predicted molar refractivity (Wildman–Crippen MR) is 120 cm³/mol. The van der Waals surface area contributed by atoms with Gasteiger partial charge in [-0.1, -0.05) is 18.2 Å². The smallest absolute Gasteiger partial charge is 0.340 e. The van der Waals surface area contributed by atoms with Gasteiger partial charge in [-0.05, 0) is 61.5 Å². The van der Waals surface area contributed by atoms with E-state index in [2.05, 4.69) is 5.32 Å². The number of hydrogen-bond donors (Lipinski definition) is 1. The SMILES string of the molecule is COC(=O)c1c(C)n(-c2ccccc2)c2ccc(OCC(=O)Nc3ccc(F)cc3)cc12. The molecule has 1 aromatic heterocycles. The molecule has 4 aromatic rings. The number of methoxy groups -OCH3 is 1. The van der Waals surface area contributed by atoms with Crippen LogP contribution in [0.15, 0.2) is 72.8 Å². The van der Waals surface area contributed by atoms with E-state index in [0.29, 0.717) is 22.4 Å². The number of nitrogens with one attached hydrogen (secondary N) is 1. The topological polar surface area (TPSA) is 69.6 Å². The van der Waals surface area contributed by atoms with Gasteiger partial charge in [-0.15, -0.1) is 0 Å². The fraction of sp³-hybridized carbons (Fsp3) is 0.120. The van der Waals surface area contributed by atoms with E-state index in [1.165, 1.54) is 31.4 Å². The molecule has 1 amide bonds. The monoisotopic (exact) mass is 432 g/mol. The van der Waals surface area contributed by atoms with E-state index in [-0.39, 0.29) is 18.3 Å². The van der Waals surface area contributed by atoms with Gasteiger partial charge in [-0.3, -0.25) is 4.79 Å². The number of ether oxygens (including phenoxy) is 2. The number of nitrogens with zero attached hydrogens (tertiary/aromatic N) is 1. The van der Waals surface area contributed by atoms with Gasteiger partial charge in [0.15, 0.2) is 6.61 Å². The standard InChI is InChI=1S/C25H21FN2O4/c1-16-24(25(30)31-2)21-14-20(12-13-22(21)28(16)19-6-4-3-5-7-19)32-15-23(29)27-18-10-8-17(26)9-11-18/h3-14H,15H2,1-2H3,(H,27,29). The van der Waals surface area contributed by atoms with E-state index in [1.807, 2.05) is 47.9 Å². The molecule has 0 aliphatic rings. The van der Waals surface area contributed by atoms with Crippen LogP contribution < -0.4 is 10.1 Å². The van der Waals surface area contributed by atoms with E-state index < -0.39 is 5.97 Å². The fourth-order valence-electron chi connectivity index (χ4n) is 3.64. The second-order valence-electron chi connectivity index (χ2n) is 7.15. The number of fused-ring (bicyclic) bond motifs is 1. The van der Waals surface area contributed by atoms with Crippen LogP contribution in [-0.4, -0.2) is 30.2 Å². The molecule has 0 radical (unpaired) electrons. The lowest BCUT2D eigenvalue weighted by Gasteiger charge is -2.09. The summed E-state index contributed by atoms with van der Waals surface area (Å²) in [5.74, 6) is -0.787. The first-order valence-corrected chi connectivity index (χ1v) is 9.95. The lowest BCUT2D eigenvalue weighted by atomic mass is 10.1. The second-order valence-corrected chi connectivity index (χ2v) is 7.15. The Bertz CT molecular complexity index is 1280. The minimum Gasteiger partial charge on any atom is -0.484 e. The molecule has 0 unspecified atom stereocenters. The van der Waals surface area contributed by atoms with Gasteiger partial charge in [0, 0.05) is 22.5 Å². The summed E-state index contributed by atoms with van der Waals surface area (Å²) in [6, 6.07) is 20.5. The molecule has 32 heavy (non-hydrogen) atoms. The Morgan fingerprint density at radius 1 is 1.00 bits per heavy atom. The van der Waals surface area contributed by atoms with Crippen LogP contribution >= 0.6 is 0 Å². The Morgan fingerprint density at radius 3 is 2.41 bits per heavy atom. The molecule has 1 N–H and O–H groups in total. The van der Waals surface area contributed by atoms with Crippen LogP contribution in [0.25, 0.3) is 16.6 Å². The third-order valence-corrected chi connectivity index (χ3v) is 5.08. The van der Waals surface area contributed by atoms with Gasteiger partial charge in [0.1, 0.15) is 11.6 Å². The Kier molecular flexibility index (Phi) is 5.89. The fourth-order valence-corrected chi connectivity index (χ4v) is 3.64. The normalized spacial score (nSPS) is 10.7. The largest absolute Gasteiger partial charge is 0.484 e. The average Bonchev–Trinajstić information content (AvgIpc) is 3.10. The first-order valence-electron chi connectivity index (χ1n) is 9.95. The van der Waals surface area contributed by atoms with Gasteiger partial charge >= 0.3 is 5.97 Å². The Balaban J connectivity index is 1.62. The van der Waals surface area contributed by atoms with E-state index >= 15 is 0 Å². The van der Waals surface area contributed by atoms with Crippen LogP contribution in [-0.2, 0) is 9.53 Å².